The molecular formula is C34H34N8O4. The summed E-state index contributed by atoms with van der Waals surface area (Å²) in [6, 6.07) is 21.2. The van der Waals surface area contributed by atoms with E-state index in [1.807, 2.05) is 26.1 Å². The zero-order chi connectivity index (χ0) is 32.2. The molecule has 6 aromatic rings. The molecule has 8 N–H and O–H groups in total. The van der Waals surface area contributed by atoms with Crippen LogP contribution in [-0.4, -0.2) is 65.3 Å². The topological polar surface area (TPSA) is 176 Å². The van der Waals surface area contributed by atoms with Gasteiger partial charge in [0, 0.05) is 69.3 Å². The van der Waals surface area contributed by atoms with Gasteiger partial charge in [0.25, 0.3) is 23.6 Å². The standard InChI is InChI=1S/C34H34N8O4/c1-3-10-36-32(44)28-14-20-5-8-24(18-27(20)41-28)39-34(46)30-16-22-13-21(6-9-25(22)40-30)31(43)38-23-7-4-19-15-29(42-26(19)17-23)33(45)37-12-11-35-2/h4-9,13-18,35,40-42H,3,10-12H2,1-2H3,(H,36,44)(H,37,45)(H,38,43)(H,39,46). The van der Waals surface area contributed by atoms with Crippen LogP contribution in [-0.2, 0) is 0 Å². The highest BCUT2D eigenvalue weighted by Gasteiger charge is 2.15. The maximum Gasteiger partial charge on any atom is 0.272 e. The highest BCUT2D eigenvalue weighted by atomic mass is 16.2. The second-order valence-corrected chi connectivity index (χ2v) is 11.0. The molecule has 46 heavy (non-hydrogen) atoms. The van der Waals surface area contributed by atoms with Crippen LogP contribution in [0.3, 0.4) is 0 Å². The molecular weight excluding hydrogens is 584 g/mol. The molecule has 3 aromatic carbocycles. The Balaban J connectivity index is 1.12. The minimum Gasteiger partial charge on any atom is -0.351 e. The van der Waals surface area contributed by atoms with Crippen LogP contribution >= 0.6 is 0 Å². The van der Waals surface area contributed by atoms with Crippen molar-refractivity contribution >= 4 is 67.7 Å². The Kier molecular flexibility index (Phi) is 8.53. The van der Waals surface area contributed by atoms with Gasteiger partial charge >= 0.3 is 0 Å². The molecule has 12 nitrogen and oxygen atoms in total. The molecule has 0 bridgehead atoms. The number of hydrogen-bond donors (Lipinski definition) is 8. The van der Waals surface area contributed by atoms with Gasteiger partial charge in [-0.3, -0.25) is 19.2 Å². The second-order valence-electron chi connectivity index (χ2n) is 11.0. The largest absolute Gasteiger partial charge is 0.351 e. The van der Waals surface area contributed by atoms with Crippen molar-refractivity contribution in [3.63, 3.8) is 0 Å². The molecule has 0 spiro atoms. The lowest BCUT2D eigenvalue weighted by atomic mass is 10.1. The quantitative estimate of drug-likeness (QED) is 0.0979. The molecule has 4 amide bonds. The van der Waals surface area contributed by atoms with E-state index in [0.717, 1.165) is 28.2 Å². The van der Waals surface area contributed by atoms with Gasteiger partial charge in [0.2, 0.25) is 0 Å². The number of amides is 4. The zero-order valence-electron chi connectivity index (χ0n) is 25.4. The molecule has 3 aromatic heterocycles. The summed E-state index contributed by atoms with van der Waals surface area (Å²) in [6.45, 7) is 3.76. The van der Waals surface area contributed by atoms with Crippen molar-refractivity contribution in [3.05, 3.63) is 95.4 Å². The van der Waals surface area contributed by atoms with Crippen LogP contribution in [0.4, 0.5) is 11.4 Å². The van der Waals surface area contributed by atoms with Crippen LogP contribution in [0.25, 0.3) is 32.7 Å². The summed E-state index contributed by atoms with van der Waals surface area (Å²) in [7, 11) is 1.82. The van der Waals surface area contributed by atoms with Gasteiger partial charge in [-0.25, -0.2) is 0 Å². The van der Waals surface area contributed by atoms with Crippen LogP contribution in [0.1, 0.15) is 55.2 Å². The third-order valence-corrected chi connectivity index (χ3v) is 7.57. The highest BCUT2D eigenvalue weighted by Crippen LogP contribution is 2.24. The molecule has 234 valence electrons. The van der Waals surface area contributed by atoms with Gasteiger partial charge in [-0.1, -0.05) is 19.1 Å². The summed E-state index contributed by atoms with van der Waals surface area (Å²) in [5, 5.41) is 16.9. The fourth-order valence-electron chi connectivity index (χ4n) is 5.18. The average molecular weight is 619 g/mol. The third-order valence-electron chi connectivity index (χ3n) is 7.57. The maximum atomic E-state index is 13.1. The number of carbonyl (C=O) groups excluding carboxylic acids is 4. The molecule has 0 atom stereocenters. The minimum absolute atomic E-state index is 0.174. The molecule has 3 heterocycles. The summed E-state index contributed by atoms with van der Waals surface area (Å²) >= 11 is 0. The van der Waals surface area contributed by atoms with E-state index in [1.54, 1.807) is 60.7 Å². The number of H-pyrrole nitrogens is 3. The van der Waals surface area contributed by atoms with Crippen molar-refractivity contribution in [3.8, 4) is 0 Å². The van der Waals surface area contributed by atoms with E-state index in [2.05, 4.69) is 41.5 Å². The minimum atomic E-state index is -0.344. The van der Waals surface area contributed by atoms with E-state index in [4.69, 9.17) is 0 Å². The predicted octanol–water partition coefficient (Wildman–Crippen LogP) is 4.72. The lowest BCUT2D eigenvalue weighted by Crippen LogP contribution is -2.30. The monoisotopic (exact) mass is 618 g/mol. The van der Waals surface area contributed by atoms with Crippen molar-refractivity contribution in [2.45, 2.75) is 13.3 Å². The van der Waals surface area contributed by atoms with Gasteiger partial charge in [0.05, 0.1) is 0 Å². The molecule has 0 saturated carbocycles. The van der Waals surface area contributed by atoms with E-state index in [1.165, 1.54) is 0 Å². The molecule has 6 rings (SSSR count). The van der Waals surface area contributed by atoms with Crippen LogP contribution in [0, 0.1) is 0 Å². The summed E-state index contributed by atoms with van der Waals surface area (Å²) in [6.07, 6.45) is 0.845. The van der Waals surface area contributed by atoms with E-state index in [0.29, 0.717) is 64.6 Å². The Hall–Kier alpha value is -5.88. The van der Waals surface area contributed by atoms with Crippen LogP contribution in [0.5, 0.6) is 0 Å². The van der Waals surface area contributed by atoms with Crippen molar-refractivity contribution < 1.29 is 19.2 Å². The fourth-order valence-corrected chi connectivity index (χ4v) is 5.18. The number of hydrogen-bond acceptors (Lipinski definition) is 5. The molecule has 0 aliphatic carbocycles. The highest BCUT2D eigenvalue weighted by molar-refractivity contribution is 6.10. The summed E-state index contributed by atoms with van der Waals surface area (Å²) in [5.41, 5.74) is 4.96. The first kappa shape index (κ1) is 30.2. The normalized spacial score (nSPS) is 11.2. The van der Waals surface area contributed by atoms with Crippen LogP contribution in [0.15, 0.2) is 72.8 Å². The smallest absolute Gasteiger partial charge is 0.272 e. The molecule has 0 aliphatic rings. The van der Waals surface area contributed by atoms with Crippen molar-refractivity contribution in [2.75, 3.05) is 37.3 Å². The Labute approximate surface area is 263 Å². The van der Waals surface area contributed by atoms with Gasteiger partial charge < -0.3 is 41.5 Å². The summed E-state index contributed by atoms with van der Waals surface area (Å²) in [5.74, 6) is -1.03. The number of nitrogens with one attached hydrogen (secondary N) is 8. The lowest BCUT2D eigenvalue weighted by Gasteiger charge is -2.06. The number of likely N-dealkylation sites (N-methyl/N-ethyl adjacent to an activating group) is 1. The predicted molar refractivity (Wildman–Crippen MR) is 180 cm³/mol. The number of fused-ring (bicyclic) bond motifs is 3. The second kappa shape index (κ2) is 13.0. The van der Waals surface area contributed by atoms with Crippen molar-refractivity contribution in [2.24, 2.45) is 0 Å². The number of carbonyl (C=O) groups is 4. The number of anilines is 2. The molecule has 0 unspecified atom stereocenters. The number of benzene rings is 3. The first-order valence-corrected chi connectivity index (χ1v) is 15.0. The fraction of sp³-hybridized carbons (Fsp3) is 0.176. The molecule has 0 aliphatic heterocycles. The first-order valence-electron chi connectivity index (χ1n) is 15.0. The summed E-state index contributed by atoms with van der Waals surface area (Å²) < 4.78 is 0. The van der Waals surface area contributed by atoms with Crippen molar-refractivity contribution in [1.29, 1.82) is 0 Å². The lowest BCUT2D eigenvalue weighted by molar-refractivity contribution is 0.0941. The maximum absolute atomic E-state index is 13.1. The first-order chi connectivity index (χ1) is 22.3. The van der Waals surface area contributed by atoms with Gasteiger partial charge in [-0.15, -0.1) is 0 Å². The Bertz CT molecular complexity index is 2100. The molecule has 12 heteroatoms. The molecule has 0 saturated heterocycles. The third kappa shape index (κ3) is 6.47. The number of aromatic nitrogens is 3. The SMILES string of the molecule is CCCNC(=O)c1cc2ccc(NC(=O)c3cc4cc(C(=O)Nc5ccc6cc(C(=O)NCCNC)[nH]c6c5)ccc4[nH]3)cc2[nH]1. The van der Waals surface area contributed by atoms with Crippen LogP contribution in [0.2, 0.25) is 0 Å². The van der Waals surface area contributed by atoms with Gasteiger partial charge in [-0.05, 0) is 74.1 Å². The van der Waals surface area contributed by atoms with Crippen molar-refractivity contribution in [1.82, 2.24) is 30.9 Å². The van der Waals surface area contributed by atoms with Crippen LogP contribution < -0.4 is 26.6 Å². The Morgan fingerprint density at radius 1 is 0.543 bits per heavy atom. The summed E-state index contributed by atoms with van der Waals surface area (Å²) in [4.78, 5) is 60.3. The van der Waals surface area contributed by atoms with E-state index in [9.17, 15) is 19.2 Å². The van der Waals surface area contributed by atoms with Gasteiger partial charge in [0.15, 0.2) is 0 Å². The molecule has 0 fully saturated rings. The van der Waals surface area contributed by atoms with E-state index >= 15 is 0 Å². The van der Waals surface area contributed by atoms with Gasteiger partial charge in [0.1, 0.15) is 17.1 Å². The molecule has 0 radical (unpaired) electrons. The van der Waals surface area contributed by atoms with Gasteiger partial charge in [-0.2, -0.15) is 0 Å². The average Bonchev–Trinajstić information content (AvgIpc) is 3.79. The van der Waals surface area contributed by atoms with E-state index < -0.39 is 0 Å². The number of aromatic amines is 3. The Morgan fingerprint density at radius 2 is 1.09 bits per heavy atom. The van der Waals surface area contributed by atoms with E-state index in [-0.39, 0.29) is 23.6 Å². The zero-order valence-corrected chi connectivity index (χ0v) is 25.4. The Morgan fingerprint density at radius 3 is 1.70 bits per heavy atom. The number of rotatable bonds is 11.